The first-order chi connectivity index (χ1) is 9.51. The fourth-order valence-corrected chi connectivity index (χ4v) is 3.40. The first-order valence-electron chi connectivity index (χ1n) is 5.73. The number of sulfonamides is 1. The average Bonchev–Trinajstić information content (AvgIpc) is 2.86. The predicted molar refractivity (Wildman–Crippen MR) is 76.2 cm³/mol. The van der Waals surface area contributed by atoms with Crippen LogP contribution >= 0.6 is 11.3 Å². The SMILES string of the molecule is COc1cccc(CCNS(=O)(=O)c2nnc(N)s2)c1. The van der Waals surface area contributed by atoms with Crippen molar-refractivity contribution >= 4 is 26.5 Å². The van der Waals surface area contributed by atoms with Gasteiger partial charge in [0.15, 0.2) is 0 Å². The van der Waals surface area contributed by atoms with Crippen molar-refractivity contribution in [3.8, 4) is 5.75 Å². The lowest BCUT2D eigenvalue weighted by Gasteiger charge is -2.05. The number of ether oxygens (including phenoxy) is 1. The highest BCUT2D eigenvalue weighted by atomic mass is 32.2. The molecule has 9 heteroatoms. The van der Waals surface area contributed by atoms with Gasteiger partial charge in [-0.25, -0.2) is 13.1 Å². The Hall–Kier alpha value is -1.71. The van der Waals surface area contributed by atoms with E-state index in [1.165, 1.54) is 0 Å². The molecule has 3 N–H and O–H groups in total. The highest BCUT2D eigenvalue weighted by Crippen LogP contribution is 2.17. The van der Waals surface area contributed by atoms with Crippen molar-refractivity contribution in [2.75, 3.05) is 19.4 Å². The second-order valence-corrected chi connectivity index (χ2v) is 6.86. The monoisotopic (exact) mass is 314 g/mol. The van der Waals surface area contributed by atoms with Gasteiger partial charge >= 0.3 is 0 Å². The van der Waals surface area contributed by atoms with Gasteiger partial charge in [0.05, 0.1) is 7.11 Å². The molecule has 2 rings (SSSR count). The summed E-state index contributed by atoms with van der Waals surface area (Å²) in [5, 5.41) is 7.12. The highest BCUT2D eigenvalue weighted by molar-refractivity contribution is 7.91. The number of hydrogen-bond donors (Lipinski definition) is 2. The van der Waals surface area contributed by atoms with Crippen LogP contribution in [0.5, 0.6) is 5.75 Å². The molecule has 0 atom stereocenters. The molecule has 0 saturated heterocycles. The second kappa shape index (κ2) is 6.16. The molecule has 0 bridgehead atoms. The van der Waals surface area contributed by atoms with E-state index in [1.807, 2.05) is 24.3 Å². The van der Waals surface area contributed by atoms with Crippen LogP contribution in [0.15, 0.2) is 28.6 Å². The second-order valence-electron chi connectivity index (χ2n) is 3.91. The van der Waals surface area contributed by atoms with Crippen molar-refractivity contribution < 1.29 is 13.2 Å². The Bertz CT molecular complexity index is 684. The van der Waals surface area contributed by atoms with Crippen molar-refractivity contribution in [2.45, 2.75) is 10.8 Å². The molecule has 0 saturated carbocycles. The van der Waals surface area contributed by atoms with E-state index in [0.29, 0.717) is 6.42 Å². The zero-order valence-corrected chi connectivity index (χ0v) is 12.4. The van der Waals surface area contributed by atoms with Crippen molar-refractivity contribution in [2.24, 2.45) is 0 Å². The van der Waals surface area contributed by atoms with Crippen LogP contribution in [0.4, 0.5) is 5.13 Å². The van der Waals surface area contributed by atoms with Crippen molar-refractivity contribution in [1.82, 2.24) is 14.9 Å². The molecule has 0 aliphatic heterocycles. The van der Waals surface area contributed by atoms with E-state index >= 15 is 0 Å². The number of nitrogens with zero attached hydrogens (tertiary/aromatic N) is 2. The summed E-state index contributed by atoms with van der Waals surface area (Å²) in [5.74, 6) is 0.738. The normalized spacial score (nSPS) is 11.4. The Kier molecular flexibility index (Phi) is 4.53. The summed E-state index contributed by atoms with van der Waals surface area (Å²) in [6.45, 7) is 0.259. The summed E-state index contributed by atoms with van der Waals surface area (Å²) >= 11 is 0.832. The average molecular weight is 314 g/mol. The molecule has 2 aromatic rings. The zero-order valence-electron chi connectivity index (χ0n) is 10.7. The standard InChI is InChI=1S/C11H14N4O3S2/c1-18-9-4-2-3-8(7-9)5-6-13-20(16,17)11-15-14-10(12)19-11/h2-4,7,13H,5-6H2,1H3,(H2,12,14). The molecule has 1 heterocycles. The first kappa shape index (κ1) is 14.7. The molecule has 20 heavy (non-hydrogen) atoms. The van der Waals surface area contributed by atoms with Crippen LogP contribution in [0.3, 0.4) is 0 Å². The smallest absolute Gasteiger partial charge is 0.269 e. The third-order valence-electron chi connectivity index (χ3n) is 2.49. The topological polar surface area (TPSA) is 107 Å². The molecule has 0 fully saturated rings. The van der Waals surface area contributed by atoms with E-state index in [1.54, 1.807) is 7.11 Å². The highest BCUT2D eigenvalue weighted by Gasteiger charge is 2.18. The van der Waals surface area contributed by atoms with E-state index in [0.717, 1.165) is 22.6 Å². The van der Waals surface area contributed by atoms with Gasteiger partial charge in [0.1, 0.15) is 5.75 Å². The van der Waals surface area contributed by atoms with Crippen LogP contribution in [0, 0.1) is 0 Å². The van der Waals surface area contributed by atoms with Crippen LogP contribution in [0.1, 0.15) is 5.56 Å². The largest absolute Gasteiger partial charge is 0.497 e. The maximum atomic E-state index is 11.9. The molecule has 1 aromatic heterocycles. The van der Waals surface area contributed by atoms with Gasteiger partial charge in [-0.15, -0.1) is 10.2 Å². The lowest BCUT2D eigenvalue weighted by Crippen LogP contribution is -2.25. The molecule has 108 valence electrons. The molecular formula is C11H14N4O3S2. The fourth-order valence-electron chi connectivity index (χ4n) is 1.55. The minimum absolute atomic E-state index is 0.123. The van der Waals surface area contributed by atoms with E-state index < -0.39 is 10.0 Å². The van der Waals surface area contributed by atoms with Crippen molar-refractivity contribution in [3.05, 3.63) is 29.8 Å². The van der Waals surface area contributed by atoms with E-state index in [9.17, 15) is 8.42 Å². The van der Waals surface area contributed by atoms with Gasteiger partial charge in [0.2, 0.25) is 9.47 Å². The number of rotatable bonds is 6. The van der Waals surface area contributed by atoms with Crippen molar-refractivity contribution in [1.29, 1.82) is 0 Å². The molecular weight excluding hydrogens is 300 g/mol. The molecule has 0 aliphatic carbocycles. The summed E-state index contributed by atoms with van der Waals surface area (Å²) in [4.78, 5) is 0. The summed E-state index contributed by atoms with van der Waals surface area (Å²) in [6.07, 6.45) is 0.546. The molecule has 0 radical (unpaired) electrons. The number of anilines is 1. The van der Waals surface area contributed by atoms with Gasteiger partial charge in [-0.1, -0.05) is 23.5 Å². The Balaban J connectivity index is 1.95. The molecule has 0 spiro atoms. The maximum Gasteiger partial charge on any atom is 0.269 e. The number of nitrogen functional groups attached to an aromatic ring is 1. The number of benzene rings is 1. The summed E-state index contributed by atoms with van der Waals surface area (Å²) in [6, 6.07) is 7.45. The van der Waals surface area contributed by atoms with Crippen LogP contribution in [-0.4, -0.2) is 32.3 Å². The third kappa shape index (κ3) is 3.65. The zero-order chi connectivity index (χ0) is 14.6. The van der Waals surface area contributed by atoms with Gasteiger partial charge in [0.25, 0.3) is 10.0 Å². The lowest BCUT2D eigenvalue weighted by atomic mass is 10.1. The summed E-state index contributed by atoms with van der Waals surface area (Å²) in [5.41, 5.74) is 6.34. The van der Waals surface area contributed by atoms with Crippen LogP contribution in [0.2, 0.25) is 0 Å². The van der Waals surface area contributed by atoms with Crippen LogP contribution < -0.4 is 15.2 Å². The van der Waals surface area contributed by atoms with Crippen LogP contribution in [-0.2, 0) is 16.4 Å². The Labute approximate surface area is 120 Å². The number of hydrogen-bond acceptors (Lipinski definition) is 7. The van der Waals surface area contributed by atoms with Gasteiger partial charge < -0.3 is 10.5 Å². The summed E-state index contributed by atoms with van der Waals surface area (Å²) in [7, 11) is -2.06. The predicted octanol–water partition coefficient (Wildman–Crippen LogP) is 0.650. The van der Waals surface area contributed by atoms with Gasteiger partial charge in [-0.3, -0.25) is 0 Å². The third-order valence-corrected chi connectivity index (χ3v) is 5.07. The van der Waals surface area contributed by atoms with Gasteiger partial charge in [-0.2, -0.15) is 0 Å². The minimum Gasteiger partial charge on any atom is -0.497 e. The van der Waals surface area contributed by atoms with E-state index in [-0.39, 0.29) is 16.0 Å². The van der Waals surface area contributed by atoms with Crippen molar-refractivity contribution in [3.63, 3.8) is 0 Å². The van der Waals surface area contributed by atoms with Gasteiger partial charge in [-0.05, 0) is 24.1 Å². The molecule has 0 amide bonds. The van der Waals surface area contributed by atoms with E-state index in [2.05, 4.69) is 14.9 Å². The van der Waals surface area contributed by atoms with Crippen LogP contribution in [0.25, 0.3) is 0 Å². The molecule has 7 nitrogen and oxygen atoms in total. The molecule has 1 aromatic carbocycles. The number of methoxy groups -OCH3 is 1. The summed E-state index contributed by atoms with van der Waals surface area (Å²) < 4.78 is 31.2. The minimum atomic E-state index is -3.64. The molecule has 0 unspecified atom stereocenters. The fraction of sp³-hybridized carbons (Fsp3) is 0.273. The molecule has 0 aliphatic rings. The lowest BCUT2D eigenvalue weighted by molar-refractivity contribution is 0.414. The number of aromatic nitrogens is 2. The quantitative estimate of drug-likeness (QED) is 0.810. The Morgan fingerprint density at radius 3 is 2.85 bits per heavy atom. The van der Waals surface area contributed by atoms with Gasteiger partial charge in [0, 0.05) is 6.54 Å². The van der Waals surface area contributed by atoms with E-state index in [4.69, 9.17) is 10.5 Å². The maximum absolute atomic E-state index is 11.9. The number of nitrogens with one attached hydrogen (secondary N) is 1. The Morgan fingerprint density at radius 1 is 1.40 bits per heavy atom. The number of nitrogens with two attached hydrogens (primary N) is 1. The first-order valence-corrected chi connectivity index (χ1v) is 8.03. The Morgan fingerprint density at radius 2 is 2.20 bits per heavy atom.